The molecule has 106 valence electrons. The minimum atomic E-state index is 0.421. The lowest BCUT2D eigenvalue weighted by Crippen LogP contribution is -2.30. The zero-order chi connectivity index (χ0) is 14.3. The van der Waals surface area contributed by atoms with Crippen molar-refractivity contribution in [1.82, 2.24) is 4.90 Å². The maximum Gasteiger partial charge on any atom is 0.106 e. The molecule has 0 unspecified atom stereocenters. The fourth-order valence-corrected chi connectivity index (χ4v) is 2.50. The van der Waals surface area contributed by atoms with E-state index in [1.807, 2.05) is 18.2 Å². The summed E-state index contributed by atoms with van der Waals surface area (Å²) in [7, 11) is 0. The summed E-state index contributed by atoms with van der Waals surface area (Å²) >= 11 is 8.52. The zero-order valence-corrected chi connectivity index (χ0v) is 14.0. The number of nitrogens with two attached hydrogens (primary N) is 1. The highest BCUT2D eigenvalue weighted by Crippen LogP contribution is 2.20. The first kappa shape index (κ1) is 16.4. The summed E-state index contributed by atoms with van der Waals surface area (Å²) in [6.07, 6.45) is 1.18. The van der Waals surface area contributed by atoms with E-state index in [4.69, 9.17) is 18.0 Å². The van der Waals surface area contributed by atoms with Gasteiger partial charge in [-0.2, -0.15) is 0 Å². The van der Waals surface area contributed by atoms with Crippen LogP contribution in [-0.4, -0.2) is 36.1 Å². The van der Waals surface area contributed by atoms with Gasteiger partial charge in [-0.15, -0.1) is 0 Å². The van der Waals surface area contributed by atoms with Crippen molar-refractivity contribution in [3.8, 4) is 0 Å². The number of benzene rings is 1. The van der Waals surface area contributed by atoms with E-state index in [1.54, 1.807) is 0 Å². The Morgan fingerprint density at radius 1 is 1.37 bits per heavy atom. The van der Waals surface area contributed by atoms with Crippen LogP contribution in [-0.2, 0) is 0 Å². The number of nitrogens with one attached hydrogen (secondary N) is 1. The molecule has 1 aromatic carbocycles. The van der Waals surface area contributed by atoms with Crippen molar-refractivity contribution in [2.45, 2.75) is 20.3 Å². The maximum absolute atomic E-state index is 5.75. The van der Waals surface area contributed by atoms with Gasteiger partial charge in [0.2, 0.25) is 0 Å². The lowest BCUT2D eigenvalue weighted by molar-refractivity contribution is 0.300. The van der Waals surface area contributed by atoms with Crippen molar-refractivity contribution in [2.75, 3.05) is 31.5 Å². The molecule has 1 rings (SSSR count). The highest BCUT2D eigenvalue weighted by Gasteiger charge is 2.06. The number of hydrogen-bond acceptors (Lipinski definition) is 3. The van der Waals surface area contributed by atoms with Crippen LogP contribution in [0.4, 0.5) is 5.69 Å². The molecule has 3 nitrogen and oxygen atoms in total. The van der Waals surface area contributed by atoms with Crippen molar-refractivity contribution < 1.29 is 0 Å². The molecule has 0 aliphatic carbocycles. The van der Waals surface area contributed by atoms with Gasteiger partial charge >= 0.3 is 0 Å². The molecule has 1 aromatic rings. The Hall–Kier alpha value is -0.650. The fourth-order valence-electron chi connectivity index (χ4n) is 1.97. The second-order valence-electron chi connectivity index (χ2n) is 4.42. The molecule has 0 fully saturated rings. The first-order valence-corrected chi connectivity index (χ1v) is 7.84. The summed E-state index contributed by atoms with van der Waals surface area (Å²) < 4.78 is 0.988. The van der Waals surface area contributed by atoms with Gasteiger partial charge in [0.25, 0.3) is 0 Å². The highest BCUT2D eigenvalue weighted by molar-refractivity contribution is 9.10. The molecule has 0 amide bonds. The summed E-state index contributed by atoms with van der Waals surface area (Å²) in [5.41, 5.74) is 7.64. The van der Waals surface area contributed by atoms with E-state index in [-0.39, 0.29) is 0 Å². The molecular formula is C14H22BrN3S. The van der Waals surface area contributed by atoms with Crippen LogP contribution in [0.1, 0.15) is 25.8 Å². The van der Waals surface area contributed by atoms with Crippen molar-refractivity contribution in [1.29, 1.82) is 0 Å². The van der Waals surface area contributed by atoms with Crippen LogP contribution in [0, 0.1) is 0 Å². The number of anilines is 1. The molecule has 0 saturated carbocycles. The zero-order valence-electron chi connectivity index (χ0n) is 11.6. The van der Waals surface area contributed by atoms with Gasteiger partial charge in [-0.05, 0) is 37.7 Å². The Bertz CT molecular complexity index is 423. The minimum absolute atomic E-state index is 0.421. The molecule has 5 heteroatoms. The first-order valence-electron chi connectivity index (χ1n) is 6.64. The second-order valence-corrected chi connectivity index (χ2v) is 5.77. The van der Waals surface area contributed by atoms with Crippen molar-refractivity contribution in [3.05, 3.63) is 28.2 Å². The summed E-state index contributed by atoms with van der Waals surface area (Å²) in [6.45, 7) is 8.53. The number of halogens is 1. The van der Waals surface area contributed by atoms with Gasteiger partial charge in [-0.3, -0.25) is 0 Å². The molecule has 0 aliphatic heterocycles. The fraction of sp³-hybridized carbons (Fsp3) is 0.500. The van der Waals surface area contributed by atoms with E-state index < -0.39 is 0 Å². The van der Waals surface area contributed by atoms with Crippen molar-refractivity contribution in [2.24, 2.45) is 5.73 Å². The summed E-state index contributed by atoms with van der Waals surface area (Å²) in [5.74, 6) is 0. The molecule has 3 N–H and O–H groups in total. The van der Waals surface area contributed by atoms with E-state index in [0.717, 1.165) is 41.9 Å². The third kappa shape index (κ3) is 5.47. The van der Waals surface area contributed by atoms with Crippen LogP contribution >= 0.6 is 28.1 Å². The van der Waals surface area contributed by atoms with Crippen LogP contribution in [0.15, 0.2) is 22.7 Å². The maximum atomic E-state index is 5.75. The van der Waals surface area contributed by atoms with E-state index in [2.05, 4.69) is 40.0 Å². The Kier molecular flexibility index (Phi) is 7.34. The van der Waals surface area contributed by atoms with Gasteiger partial charge in [0, 0.05) is 28.8 Å². The number of hydrogen-bond donors (Lipinski definition) is 2. The van der Waals surface area contributed by atoms with E-state index >= 15 is 0 Å². The molecule has 0 radical (unpaired) electrons. The molecule has 19 heavy (non-hydrogen) atoms. The molecule has 0 heterocycles. The molecule has 0 saturated heterocycles. The van der Waals surface area contributed by atoms with Crippen LogP contribution in [0.5, 0.6) is 0 Å². The lowest BCUT2D eigenvalue weighted by Gasteiger charge is -2.20. The van der Waals surface area contributed by atoms with Crippen molar-refractivity contribution >= 4 is 38.8 Å². The number of nitrogens with zero attached hydrogens (tertiary/aromatic N) is 1. The van der Waals surface area contributed by atoms with Crippen LogP contribution < -0.4 is 11.1 Å². The largest absolute Gasteiger partial charge is 0.389 e. The second kappa shape index (κ2) is 8.51. The third-order valence-electron chi connectivity index (χ3n) is 2.98. The van der Waals surface area contributed by atoms with Gasteiger partial charge < -0.3 is 16.0 Å². The van der Waals surface area contributed by atoms with E-state index in [0.29, 0.717) is 4.99 Å². The smallest absolute Gasteiger partial charge is 0.106 e. The number of thiocarbonyl (C=S) groups is 1. The molecule has 0 bridgehead atoms. The quantitative estimate of drug-likeness (QED) is 0.711. The van der Waals surface area contributed by atoms with E-state index in [1.165, 1.54) is 6.42 Å². The normalized spacial score (nSPS) is 10.7. The molecular weight excluding hydrogens is 322 g/mol. The van der Waals surface area contributed by atoms with Gasteiger partial charge in [0.05, 0.1) is 0 Å². The summed E-state index contributed by atoms with van der Waals surface area (Å²) in [4.78, 5) is 2.84. The third-order valence-corrected chi connectivity index (χ3v) is 3.69. The monoisotopic (exact) mass is 343 g/mol. The predicted octanol–water partition coefficient (Wildman–Crippen LogP) is 3.23. The Labute approximate surface area is 129 Å². The van der Waals surface area contributed by atoms with Gasteiger partial charge in [-0.1, -0.05) is 42.0 Å². The highest BCUT2D eigenvalue weighted by atomic mass is 79.9. The standard InChI is InChI=1S/C14H22BrN3S/c1-3-8-18(4-2)9-7-17-13-6-5-11(15)10-12(13)14(16)19/h5-6,10,17H,3-4,7-9H2,1-2H3,(H2,16,19). The molecule has 0 atom stereocenters. The van der Waals surface area contributed by atoms with Crippen LogP contribution in [0.25, 0.3) is 0 Å². The Balaban J connectivity index is 2.60. The SMILES string of the molecule is CCCN(CC)CCNc1ccc(Br)cc1C(N)=S. The van der Waals surface area contributed by atoms with Gasteiger partial charge in [0.15, 0.2) is 0 Å². The summed E-state index contributed by atoms with van der Waals surface area (Å²) in [5, 5.41) is 3.42. The number of rotatable bonds is 8. The average Bonchev–Trinajstić information content (AvgIpc) is 2.39. The molecule has 0 aromatic heterocycles. The summed E-state index contributed by atoms with van der Waals surface area (Å²) in [6, 6.07) is 5.96. The van der Waals surface area contributed by atoms with Crippen molar-refractivity contribution in [3.63, 3.8) is 0 Å². The molecule has 0 spiro atoms. The van der Waals surface area contributed by atoms with E-state index in [9.17, 15) is 0 Å². The Morgan fingerprint density at radius 2 is 2.11 bits per heavy atom. The topological polar surface area (TPSA) is 41.3 Å². The van der Waals surface area contributed by atoms with Crippen LogP contribution in [0.3, 0.4) is 0 Å². The van der Waals surface area contributed by atoms with Gasteiger partial charge in [0.1, 0.15) is 4.99 Å². The Morgan fingerprint density at radius 3 is 2.68 bits per heavy atom. The number of likely N-dealkylation sites (N-methyl/N-ethyl adjacent to an activating group) is 1. The lowest BCUT2D eigenvalue weighted by atomic mass is 10.2. The first-order chi connectivity index (χ1) is 9.08. The van der Waals surface area contributed by atoms with Gasteiger partial charge in [-0.25, -0.2) is 0 Å². The minimum Gasteiger partial charge on any atom is -0.389 e. The predicted molar refractivity (Wildman–Crippen MR) is 90.9 cm³/mol. The molecule has 0 aliphatic rings. The average molecular weight is 344 g/mol. The van der Waals surface area contributed by atoms with Crippen LogP contribution in [0.2, 0.25) is 0 Å².